The molecule has 0 spiro atoms. The number of anilines is 1. The summed E-state index contributed by atoms with van der Waals surface area (Å²) in [4.78, 5) is 0. The van der Waals surface area contributed by atoms with E-state index in [1.54, 1.807) is 12.1 Å². The van der Waals surface area contributed by atoms with Gasteiger partial charge in [0.25, 0.3) is 0 Å². The van der Waals surface area contributed by atoms with E-state index in [1.165, 1.54) is 25.7 Å². The second-order valence-corrected chi connectivity index (χ2v) is 8.99. The summed E-state index contributed by atoms with van der Waals surface area (Å²) in [5, 5.41) is 10.9. The highest BCUT2D eigenvalue weighted by atomic mass is 32.2. The van der Waals surface area contributed by atoms with Gasteiger partial charge in [0.15, 0.2) is 6.23 Å². The van der Waals surface area contributed by atoms with Crippen LogP contribution in [0.3, 0.4) is 0 Å². The zero-order valence-electron chi connectivity index (χ0n) is 16.9. The summed E-state index contributed by atoms with van der Waals surface area (Å²) in [6, 6.07) is 7.27. The molecule has 0 saturated carbocycles. The number of hydrogen-bond donors (Lipinski definition) is 2. The van der Waals surface area contributed by atoms with E-state index in [1.807, 2.05) is 12.1 Å². The van der Waals surface area contributed by atoms with E-state index in [4.69, 9.17) is 0 Å². The number of nitrogens with one attached hydrogen (secondary N) is 1. The van der Waals surface area contributed by atoms with Crippen molar-refractivity contribution in [2.24, 2.45) is 0 Å². The van der Waals surface area contributed by atoms with E-state index in [2.05, 4.69) is 25.5 Å². The first-order chi connectivity index (χ1) is 12.3. The van der Waals surface area contributed by atoms with Crippen LogP contribution >= 0.6 is 0 Å². The summed E-state index contributed by atoms with van der Waals surface area (Å²) in [6.45, 7) is 9.36. The van der Waals surface area contributed by atoms with Crippen LogP contribution in [-0.4, -0.2) is 50.1 Å². The number of unbranched alkanes of at least 4 members (excludes halogenated alkanes) is 4. The number of hydrogen-bond acceptors (Lipinski definition) is 3. The number of nitrogens with zero attached hydrogens (tertiary/aromatic N) is 1. The summed E-state index contributed by atoms with van der Waals surface area (Å²) in [5.74, 6) is 0. The van der Waals surface area contributed by atoms with E-state index in [0.717, 1.165) is 42.4 Å². The number of likely N-dealkylation sites (N-methyl/N-ethyl adjacent to an activating group) is 1. The standard InChI is InChI=1S/C20H37N2O3S/c1-5-8-9-10-11-16-22(6-2,7-3)20(23)17-18-12-14-19(15-13-18)21-26(4,24)25/h12-15,20-21,23H,5-11,16-17H2,1-4H3/q+1. The lowest BCUT2D eigenvalue weighted by Crippen LogP contribution is -2.56. The van der Waals surface area contributed by atoms with Crippen molar-refractivity contribution in [3.05, 3.63) is 29.8 Å². The molecule has 5 nitrogen and oxygen atoms in total. The van der Waals surface area contributed by atoms with Gasteiger partial charge >= 0.3 is 0 Å². The minimum atomic E-state index is -3.26. The van der Waals surface area contributed by atoms with Crippen molar-refractivity contribution in [3.63, 3.8) is 0 Å². The molecule has 1 atom stereocenters. The van der Waals surface area contributed by atoms with E-state index in [9.17, 15) is 13.5 Å². The monoisotopic (exact) mass is 385 g/mol. The van der Waals surface area contributed by atoms with Crippen LogP contribution in [0.25, 0.3) is 0 Å². The molecule has 0 aliphatic heterocycles. The normalized spacial score (nSPS) is 13.6. The van der Waals surface area contributed by atoms with Gasteiger partial charge in [-0.2, -0.15) is 0 Å². The highest BCUT2D eigenvalue weighted by molar-refractivity contribution is 7.92. The maximum atomic E-state index is 11.3. The molecule has 0 aliphatic rings. The van der Waals surface area contributed by atoms with E-state index >= 15 is 0 Å². The lowest BCUT2D eigenvalue weighted by atomic mass is 10.1. The summed E-state index contributed by atoms with van der Waals surface area (Å²) in [6.07, 6.45) is 7.46. The van der Waals surface area contributed by atoms with Crippen molar-refractivity contribution >= 4 is 15.7 Å². The van der Waals surface area contributed by atoms with Crippen molar-refractivity contribution in [1.82, 2.24) is 0 Å². The smallest absolute Gasteiger partial charge is 0.229 e. The molecule has 0 amide bonds. The van der Waals surface area contributed by atoms with Gasteiger partial charge in [0.05, 0.1) is 32.3 Å². The predicted molar refractivity (Wildman–Crippen MR) is 110 cm³/mol. The number of aliphatic hydroxyl groups excluding tert-OH is 1. The van der Waals surface area contributed by atoms with Crippen LogP contribution in [0.1, 0.15) is 58.4 Å². The molecule has 2 N–H and O–H groups in total. The molecule has 0 bridgehead atoms. The first-order valence-corrected chi connectivity index (χ1v) is 11.8. The molecule has 1 aromatic rings. The van der Waals surface area contributed by atoms with Crippen molar-refractivity contribution < 1.29 is 18.0 Å². The third-order valence-corrected chi connectivity index (χ3v) is 5.88. The Labute approximate surface area is 160 Å². The Morgan fingerprint density at radius 2 is 1.58 bits per heavy atom. The lowest BCUT2D eigenvalue weighted by molar-refractivity contribution is -0.968. The van der Waals surface area contributed by atoms with Crippen molar-refractivity contribution in [2.45, 2.75) is 65.5 Å². The summed E-state index contributed by atoms with van der Waals surface area (Å²) in [7, 11) is -3.26. The van der Waals surface area contributed by atoms with Gasteiger partial charge in [-0.3, -0.25) is 9.21 Å². The van der Waals surface area contributed by atoms with Gasteiger partial charge in [0.1, 0.15) is 0 Å². The molecule has 0 aliphatic carbocycles. The Bertz CT molecular complexity index is 610. The second kappa shape index (κ2) is 10.9. The topological polar surface area (TPSA) is 66.4 Å². The first kappa shape index (κ1) is 22.9. The predicted octanol–water partition coefficient (Wildman–Crippen LogP) is 3.75. The van der Waals surface area contributed by atoms with Gasteiger partial charge in [0.2, 0.25) is 10.0 Å². The van der Waals surface area contributed by atoms with Crippen LogP contribution in [0, 0.1) is 0 Å². The number of quaternary nitrogens is 1. The fourth-order valence-electron chi connectivity index (χ4n) is 3.47. The van der Waals surface area contributed by atoms with Crippen LogP contribution in [0.15, 0.2) is 24.3 Å². The van der Waals surface area contributed by atoms with Gasteiger partial charge in [-0.1, -0.05) is 38.3 Å². The SMILES string of the molecule is CCCCCCC[N+](CC)(CC)C(O)Cc1ccc(NS(C)(=O)=O)cc1. The van der Waals surface area contributed by atoms with Crippen molar-refractivity contribution in [2.75, 3.05) is 30.6 Å². The minimum absolute atomic E-state index is 0.440. The molecule has 0 heterocycles. The molecular weight excluding hydrogens is 348 g/mol. The number of benzene rings is 1. The Morgan fingerprint density at radius 1 is 1.00 bits per heavy atom. The molecular formula is C20H37N2O3S+. The van der Waals surface area contributed by atoms with Crippen molar-refractivity contribution in [1.29, 1.82) is 0 Å². The molecule has 0 saturated heterocycles. The molecule has 150 valence electrons. The molecule has 1 unspecified atom stereocenters. The molecule has 0 fully saturated rings. The van der Waals surface area contributed by atoms with Crippen LogP contribution in [0.5, 0.6) is 0 Å². The molecule has 26 heavy (non-hydrogen) atoms. The summed E-state index contributed by atoms with van der Waals surface area (Å²) in [5.41, 5.74) is 1.57. The van der Waals surface area contributed by atoms with Crippen LogP contribution in [0.2, 0.25) is 0 Å². The van der Waals surface area contributed by atoms with Crippen LogP contribution in [0.4, 0.5) is 5.69 Å². The van der Waals surface area contributed by atoms with E-state index in [-0.39, 0.29) is 0 Å². The number of rotatable bonds is 13. The lowest BCUT2D eigenvalue weighted by Gasteiger charge is -2.41. The summed E-state index contributed by atoms with van der Waals surface area (Å²) < 4.78 is 25.8. The largest absolute Gasteiger partial charge is 0.344 e. The Balaban J connectivity index is 2.69. The molecule has 1 aromatic carbocycles. The molecule has 6 heteroatoms. The van der Waals surface area contributed by atoms with Gasteiger partial charge in [0, 0.05) is 5.69 Å². The number of aliphatic hydroxyl groups is 1. The molecule has 0 radical (unpaired) electrons. The maximum absolute atomic E-state index is 11.3. The fraction of sp³-hybridized carbons (Fsp3) is 0.700. The third-order valence-electron chi connectivity index (χ3n) is 5.27. The first-order valence-electron chi connectivity index (χ1n) is 9.87. The Morgan fingerprint density at radius 3 is 2.08 bits per heavy atom. The highest BCUT2D eigenvalue weighted by Crippen LogP contribution is 2.20. The van der Waals surface area contributed by atoms with Gasteiger partial charge in [-0.05, 0) is 44.4 Å². The fourth-order valence-corrected chi connectivity index (χ4v) is 4.03. The summed E-state index contributed by atoms with van der Waals surface area (Å²) >= 11 is 0. The minimum Gasteiger partial charge on any atom is -0.344 e. The van der Waals surface area contributed by atoms with Crippen molar-refractivity contribution in [3.8, 4) is 0 Å². The molecule has 1 rings (SSSR count). The maximum Gasteiger partial charge on any atom is 0.229 e. The van der Waals surface area contributed by atoms with Gasteiger partial charge < -0.3 is 5.11 Å². The number of sulfonamides is 1. The van der Waals surface area contributed by atoms with E-state index in [0.29, 0.717) is 12.1 Å². The van der Waals surface area contributed by atoms with Crippen LogP contribution in [-0.2, 0) is 16.4 Å². The third kappa shape index (κ3) is 7.64. The zero-order valence-corrected chi connectivity index (χ0v) is 17.7. The average molecular weight is 386 g/mol. The second-order valence-electron chi connectivity index (χ2n) is 7.24. The zero-order chi connectivity index (χ0) is 19.6. The quantitative estimate of drug-likeness (QED) is 0.309. The Hall–Kier alpha value is -1.11. The van der Waals surface area contributed by atoms with E-state index < -0.39 is 16.3 Å². The highest BCUT2D eigenvalue weighted by Gasteiger charge is 2.31. The molecule has 0 aromatic heterocycles. The van der Waals surface area contributed by atoms with Gasteiger partial charge in [-0.15, -0.1) is 0 Å². The Kier molecular flexibility index (Phi) is 9.61. The van der Waals surface area contributed by atoms with Gasteiger partial charge in [-0.25, -0.2) is 8.42 Å². The van der Waals surface area contributed by atoms with Crippen LogP contribution < -0.4 is 4.72 Å². The average Bonchev–Trinajstić information content (AvgIpc) is 2.59.